The van der Waals surface area contributed by atoms with Crippen LogP contribution in [0.3, 0.4) is 0 Å². The Bertz CT molecular complexity index is 958. The molecule has 3 rings (SSSR count). The fourth-order valence-corrected chi connectivity index (χ4v) is 3.93. The predicted octanol–water partition coefficient (Wildman–Crippen LogP) is 2.80. The van der Waals surface area contributed by atoms with Gasteiger partial charge < -0.3 is 9.88 Å². The molecular weight excluding hydrogens is 441 g/mol. The highest BCUT2D eigenvalue weighted by Gasteiger charge is 2.13. The van der Waals surface area contributed by atoms with Crippen LogP contribution in [0.4, 0.5) is 4.39 Å². The maximum Gasteiger partial charge on any atom is 0.259 e. The molecule has 1 atom stereocenters. The van der Waals surface area contributed by atoms with E-state index in [1.54, 1.807) is 18.2 Å². The van der Waals surface area contributed by atoms with Gasteiger partial charge in [-0.2, -0.15) is 0 Å². The average Bonchev–Trinajstić information content (AvgIpc) is 2.51. The lowest BCUT2D eigenvalue weighted by Crippen LogP contribution is -3.06. The van der Waals surface area contributed by atoms with Crippen molar-refractivity contribution < 1.29 is 9.29 Å². The topological polar surface area (TPSA) is 50.2 Å². The third kappa shape index (κ3) is 3.74. The number of aromatic nitrogens is 2. The number of nitrogens with zero attached hydrogens (tertiary/aromatic N) is 1. The van der Waals surface area contributed by atoms with Crippen LogP contribution < -0.4 is 10.5 Å². The van der Waals surface area contributed by atoms with E-state index in [1.165, 1.54) is 6.07 Å². The van der Waals surface area contributed by atoms with E-state index in [2.05, 4.69) is 41.8 Å². The largest absolute Gasteiger partial charge is 0.327 e. The second kappa shape index (κ2) is 7.13. The van der Waals surface area contributed by atoms with Crippen LogP contribution in [0.25, 0.3) is 10.9 Å². The van der Waals surface area contributed by atoms with Crippen LogP contribution in [0.5, 0.6) is 0 Å². The number of quaternary nitrogens is 1. The van der Waals surface area contributed by atoms with Gasteiger partial charge in [0.1, 0.15) is 18.9 Å². The van der Waals surface area contributed by atoms with Crippen LogP contribution in [0.15, 0.2) is 50.1 Å². The van der Waals surface area contributed by atoms with Gasteiger partial charge in [0.2, 0.25) is 0 Å². The molecule has 0 fully saturated rings. The summed E-state index contributed by atoms with van der Waals surface area (Å²) < 4.78 is 15.3. The number of nitrogens with one attached hydrogen (secondary N) is 2. The molecule has 3 aromatic rings. The summed E-state index contributed by atoms with van der Waals surface area (Å²) in [7, 11) is 1.94. The molecule has 1 unspecified atom stereocenters. The van der Waals surface area contributed by atoms with Gasteiger partial charge in [-0.05, 0) is 34.1 Å². The van der Waals surface area contributed by atoms with Crippen molar-refractivity contribution in [3.05, 3.63) is 72.9 Å². The number of H-pyrrole nitrogens is 1. The van der Waals surface area contributed by atoms with Crippen molar-refractivity contribution in [3.63, 3.8) is 0 Å². The smallest absolute Gasteiger partial charge is 0.259 e. The monoisotopic (exact) mass is 454 g/mol. The fraction of sp³-hybridized carbons (Fsp3) is 0.176. The maximum atomic E-state index is 13.8. The number of rotatable bonds is 4. The minimum atomic E-state index is -0.218. The molecule has 0 radical (unpaired) electrons. The maximum absolute atomic E-state index is 13.8. The summed E-state index contributed by atoms with van der Waals surface area (Å²) in [5.74, 6) is 0.355. The second-order valence-corrected chi connectivity index (χ2v) is 7.47. The number of halogens is 3. The van der Waals surface area contributed by atoms with Gasteiger partial charge in [-0.15, -0.1) is 0 Å². The van der Waals surface area contributed by atoms with Crippen LogP contribution in [0.1, 0.15) is 11.4 Å². The molecule has 7 heteroatoms. The summed E-state index contributed by atoms with van der Waals surface area (Å²) in [6, 6.07) is 10.3. The third-order valence-electron chi connectivity index (χ3n) is 3.70. The Hall–Kier alpha value is -1.57. The van der Waals surface area contributed by atoms with Crippen molar-refractivity contribution in [2.75, 3.05) is 7.05 Å². The molecule has 0 bridgehead atoms. The molecule has 0 saturated carbocycles. The van der Waals surface area contributed by atoms with Crippen molar-refractivity contribution in [2.45, 2.75) is 13.1 Å². The molecule has 0 aliphatic heterocycles. The van der Waals surface area contributed by atoms with E-state index in [4.69, 9.17) is 0 Å². The first-order valence-corrected chi connectivity index (χ1v) is 8.95. The predicted molar refractivity (Wildman–Crippen MR) is 98.5 cm³/mol. The highest BCUT2D eigenvalue weighted by Crippen LogP contribution is 2.24. The fourth-order valence-electron chi connectivity index (χ4n) is 2.61. The molecule has 0 aliphatic carbocycles. The minimum absolute atomic E-state index is 0.185. The van der Waals surface area contributed by atoms with E-state index in [0.717, 1.165) is 13.8 Å². The Balaban J connectivity index is 1.88. The van der Waals surface area contributed by atoms with Crippen molar-refractivity contribution >= 4 is 42.8 Å². The zero-order valence-corrected chi connectivity index (χ0v) is 16.0. The van der Waals surface area contributed by atoms with Crippen molar-refractivity contribution in [1.29, 1.82) is 0 Å². The van der Waals surface area contributed by atoms with Gasteiger partial charge in [0.05, 0.1) is 18.0 Å². The van der Waals surface area contributed by atoms with Crippen LogP contribution >= 0.6 is 31.9 Å². The lowest BCUT2D eigenvalue weighted by molar-refractivity contribution is -0.908. The summed E-state index contributed by atoms with van der Waals surface area (Å²) in [5, 5.41) is 0.520. The Morgan fingerprint density at radius 2 is 1.96 bits per heavy atom. The normalized spacial score (nSPS) is 12.5. The second-order valence-electron chi connectivity index (χ2n) is 5.70. The molecule has 0 amide bonds. The number of hydrogen-bond acceptors (Lipinski definition) is 2. The summed E-state index contributed by atoms with van der Waals surface area (Å²) >= 11 is 6.81. The number of aromatic amines is 1. The zero-order valence-electron chi connectivity index (χ0n) is 12.9. The number of benzene rings is 2. The molecule has 2 aromatic carbocycles. The lowest BCUT2D eigenvalue weighted by Gasteiger charge is -2.14. The molecule has 4 nitrogen and oxygen atoms in total. The summed E-state index contributed by atoms with van der Waals surface area (Å²) in [6.45, 7) is 0.998. The first-order valence-electron chi connectivity index (χ1n) is 7.36. The molecule has 0 spiro atoms. The Labute approximate surface area is 155 Å². The Morgan fingerprint density at radius 3 is 2.71 bits per heavy atom. The van der Waals surface area contributed by atoms with Gasteiger partial charge in [0.15, 0.2) is 5.82 Å². The first-order chi connectivity index (χ1) is 11.4. The van der Waals surface area contributed by atoms with E-state index in [1.807, 2.05) is 19.2 Å². The van der Waals surface area contributed by atoms with Crippen molar-refractivity contribution in [2.24, 2.45) is 0 Å². The third-order valence-corrected chi connectivity index (χ3v) is 4.76. The van der Waals surface area contributed by atoms with Crippen LogP contribution in [-0.2, 0) is 13.1 Å². The number of fused-ring (bicyclic) bond motifs is 1. The highest BCUT2D eigenvalue weighted by molar-refractivity contribution is 9.11. The van der Waals surface area contributed by atoms with Crippen LogP contribution in [0, 0.1) is 5.82 Å². The van der Waals surface area contributed by atoms with E-state index in [0.29, 0.717) is 35.4 Å². The van der Waals surface area contributed by atoms with Gasteiger partial charge in [0.25, 0.3) is 5.56 Å². The summed E-state index contributed by atoms with van der Waals surface area (Å²) in [5.41, 5.74) is 1.08. The van der Waals surface area contributed by atoms with Gasteiger partial charge >= 0.3 is 0 Å². The molecule has 1 heterocycles. The number of hydrogen-bond donors (Lipinski definition) is 2. The first kappa shape index (κ1) is 17.3. The van der Waals surface area contributed by atoms with Crippen LogP contribution in [0.2, 0.25) is 0 Å². The standard InChI is InChI=1S/C17H14Br2FN3O/c1-23(8-10-4-2-3-5-14(10)20)9-15-21-16-12(17(24)22-15)6-11(18)7-13(16)19/h2-7H,8-9H2,1H3,(H,21,22,24)/p+1. The van der Waals surface area contributed by atoms with E-state index < -0.39 is 0 Å². The lowest BCUT2D eigenvalue weighted by atomic mass is 10.2. The molecule has 124 valence electrons. The van der Waals surface area contributed by atoms with Gasteiger partial charge in [-0.1, -0.05) is 34.1 Å². The average molecular weight is 456 g/mol. The van der Waals surface area contributed by atoms with Gasteiger partial charge in [0, 0.05) is 14.5 Å². The molecular formula is C17H15Br2FN3O+. The van der Waals surface area contributed by atoms with Gasteiger partial charge in [-0.3, -0.25) is 4.79 Å². The van der Waals surface area contributed by atoms with E-state index >= 15 is 0 Å². The molecule has 1 aromatic heterocycles. The summed E-state index contributed by atoms with van der Waals surface area (Å²) in [6.07, 6.45) is 0. The van der Waals surface area contributed by atoms with Crippen LogP contribution in [-0.4, -0.2) is 17.0 Å². The van der Waals surface area contributed by atoms with Gasteiger partial charge in [-0.25, -0.2) is 9.37 Å². The Kier molecular flexibility index (Phi) is 5.12. The quantitative estimate of drug-likeness (QED) is 0.635. The SMILES string of the molecule is C[NH+](Cc1nc2c(Br)cc(Br)cc2c(=O)[nH]1)Cc1ccccc1F. The summed E-state index contributed by atoms with van der Waals surface area (Å²) in [4.78, 5) is 20.7. The molecule has 0 aliphatic rings. The van der Waals surface area contributed by atoms with Crippen molar-refractivity contribution in [1.82, 2.24) is 9.97 Å². The van der Waals surface area contributed by atoms with E-state index in [-0.39, 0.29) is 11.4 Å². The molecule has 0 saturated heterocycles. The minimum Gasteiger partial charge on any atom is -0.327 e. The molecule has 24 heavy (non-hydrogen) atoms. The molecule has 2 N–H and O–H groups in total. The Morgan fingerprint density at radius 1 is 1.21 bits per heavy atom. The highest BCUT2D eigenvalue weighted by atomic mass is 79.9. The zero-order chi connectivity index (χ0) is 17.3. The van der Waals surface area contributed by atoms with E-state index in [9.17, 15) is 9.18 Å². The van der Waals surface area contributed by atoms with Crippen molar-refractivity contribution in [3.8, 4) is 0 Å².